The SMILES string of the molecule is CNC1CCCN(c2c(F)cccc2Cl)C1=O. The minimum atomic E-state index is -0.456. The summed E-state index contributed by atoms with van der Waals surface area (Å²) in [6.07, 6.45) is 1.61. The third kappa shape index (κ3) is 2.28. The van der Waals surface area contributed by atoms with Crippen molar-refractivity contribution in [1.29, 1.82) is 0 Å². The molecule has 1 N–H and O–H groups in total. The summed E-state index contributed by atoms with van der Waals surface area (Å²) in [5.74, 6) is -0.576. The molecule has 5 heteroatoms. The van der Waals surface area contributed by atoms with E-state index in [4.69, 9.17) is 11.6 Å². The summed E-state index contributed by atoms with van der Waals surface area (Å²) in [6.45, 7) is 0.512. The molecule has 1 heterocycles. The van der Waals surface area contributed by atoms with E-state index in [1.165, 1.54) is 17.0 Å². The summed E-state index contributed by atoms with van der Waals surface area (Å²) in [6, 6.07) is 4.19. The summed E-state index contributed by atoms with van der Waals surface area (Å²) >= 11 is 5.96. The maximum Gasteiger partial charge on any atom is 0.244 e. The lowest BCUT2D eigenvalue weighted by atomic mass is 10.0. The van der Waals surface area contributed by atoms with Crippen molar-refractivity contribution in [2.24, 2.45) is 0 Å². The number of para-hydroxylation sites is 1. The Morgan fingerprint density at radius 3 is 2.94 bits per heavy atom. The number of nitrogens with one attached hydrogen (secondary N) is 1. The largest absolute Gasteiger partial charge is 0.309 e. The summed E-state index contributed by atoms with van der Waals surface area (Å²) in [4.78, 5) is 13.5. The minimum Gasteiger partial charge on any atom is -0.309 e. The van der Waals surface area contributed by atoms with E-state index in [0.717, 1.165) is 12.8 Å². The Bertz CT molecular complexity index is 418. The van der Waals surface area contributed by atoms with Crippen LogP contribution in [0.5, 0.6) is 0 Å². The first-order valence-electron chi connectivity index (χ1n) is 5.58. The van der Waals surface area contributed by atoms with Crippen molar-refractivity contribution in [1.82, 2.24) is 5.32 Å². The fourth-order valence-electron chi connectivity index (χ4n) is 2.11. The number of rotatable bonds is 2. The molecule has 0 aliphatic carbocycles. The zero-order valence-electron chi connectivity index (χ0n) is 9.54. The Kier molecular flexibility index (Phi) is 3.64. The van der Waals surface area contributed by atoms with Crippen LogP contribution in [0.1, 0.15) is 12.8 Å². The Labute approximate surface area is 105 Å². The van der Waals surface area contributed by atoms with Crippen molar-refractivity contribution in [2.45, 2.75) is 18.9 Å². The number of benzene rings is 1. The summed E-state index contributed by atoms with van der Waals surface area (Å²) in [7, 11) is 1.73. The normalized spacial score (nSPS) is 20.8. The molecule has 0 saturated carbocycles. The predicted molar refractivity (Wildman–Crippen MR) is 65.8 cm³/mol. The highest BCUT2D eigenvalue weighted by Gasteiger charge is 2.30. The molecule has 1 saturated heterocycles. The number of carbonyl (C=O) groups is 1. The fraction of sp³-hybridized carbons (Fsp3) is 0.417. The summed E-state index contributed by atoms with van der Waals surface area (Å²) in [5.41, 5.74) is 0.194. The third-order valence-electron chi connectivity index (χ3n) is 2.99. The Hall–Kier alpha value is -1.13. The Morgan fingerprint density at radius 2 is 2.29 bits per heavy atom. The van der Waals surface area contributed by atoms with Crippen LogP contribution in [0.3, 0.4) is 0 Å². The van der Waals surface area contributed by atoms with Gasteiger partial charge >= 0.3 is 0 Å². The van der Waals surface area contributed by atoms with E-state index in [2.05, 4.69) is 5.32 Å². The highest BCUT2D eigenvalue weighted by molar-refractivity contribution is 6.33. The molecule has 17 heavy (non-hydrogen) atoms. The first kappa shape index (κ1) is 12.3. The average molecular weight is 257 g/mol. The van der Waals surface area contributed by atoms with Gasteiger partial charge in [0.1, 0.15) is 5.82 Å². The number of hydrogen-bond acceptors (Lipinski definition) is 2. The molecule has 1 aliphatic rings. The van der Waals surface area contributed by atoms with Crippen molar-refractivity contribution >= 4 is 23.2 Å². The van der Waals surface area contributed by atoms with Crippen LogP contribution >= 0.6 is 11.6 Å². The zero-order valence-corrected chi connectivity index (χ0v) is 10.3. The van der Waals surface area contributed by atoms with Crippen molar-refractivity contribution < 1.29 is 9.18 Å². The number of halogens is 2. The lowest BCUT2D eigenvalue weighted by Crippen LogP contribution is -2.50. The van der Waals surface area contributed by atoms with Crippen molar-refractivity contribution in [3.8, 4) is 0 Å². The van der Waals surface area contributed by atoms with Gasteiger partial charge in [-0.1, -0.05) is 17.7 Å². The molecule has 1 aromatic rings. The molecule has 1 unspecified atom stereocenters. The van der Waals surface area contributed by atoms with E-state index in [1.807, 2.05) is 0 Å². The standard InChI is InChI=1S/C12H14ClFN2O/c1-15-10-6-3-7-16(12(10)17)11-8(13)4-2-5-9(11)14/h2,4-5,10,15H,3,6-7H2,1H3. The molecule has 1 aromatic carbocycles. The van der Waals surface area contributed by atoms with E-state index in [-0.39, 0.29) is 22.7 Å². The van der Waals surface area contributed by atoms with Gasteiger partial charge in [0, 0.05) is 6.54 Å². The van der Waals surface area contributed by atoms with Gasteiger partial charge in [-0.05, 0) is 32.0 Å². The maximum atomic E-state index is 13.7. The van der Waals surface area contributed by atoms with Gasteiger partial charge < -0.3 is 10.2 Å². The molecule has 1 aliphatic heterocycles. The highest BCUT2D eigenvalue weighted by atomic mass is 35.5. The highest BCUT2D eigenvalue weighted by Crippen LogP contribution is 2.31. The number of amides is 1. The molecule has 1 amide bonds. The van der Waals surface area contributed by atoms with E-state index in [1.54, 1.807) is 13.1 Å². The molecule has 0 radical (unpaired) electrons. The Balaban J connectivity index is 2.36. The van der Waals surface area contributed by atoms with Crippen molar-refractivity contribution in [2.75, 3.05) is 18.5 Å². The summed E-state index contributed by atoms with van der Waals surface area (Å²) < 4.78 is 13.7. The van der Waals surface area contributed by atoms with Gasteiger partial charge in [-0.15, -0.1) is 0 Å². The topological polar surface area (TPSA) is 32.3 Å². The smallest absolute Gasteiger partial charge is 0.244 e. The zero-order chi connectivity index (χ0) is 12.4. The number of likely N-dealkylation sites (N-methyl/N-ethyl adjacent to an activating group) is 1. The van der Waals surface area contributed by atoms with E-state index >= 15 is 0 Å². The molecule has 92 valence electrons. The molecule has 0 bridgehead atoms. The van der Waals surface area contributed by atoms with E-state index < -0.39 is 5.82 Å². The maximum absolute atomic E-state index is 13.7. The predicted octanol–water partition coefficient (Wildman–Crippen LogP) is 2.19. The van der Waals surface area contributed by atoms with Crippen LogP contribution in [0.25, 0.3) is 0 Å². The summed E-state index contributed by atoms with van der Waals surface area (Å²) in [5, 5.41) is 3.21. The average Bonchev–Trinajstić information content (AvgIpc) is 2.31. The number of piperidine rings is 1. The molecular weight excluding hydrogens is 243 g/mol. The van der Waals surface area contributed by atoms with Crippen LogP contribution in [-0.2, 0) is 4.79 Å². The van der Waals surface area contributed by atoms with Crippen LogP contribution in [-0.4, -0.2) is 25.5 Å². The first-order valence-corrected chi connectivity index (χ1v) is 5.95. The lowest BCUT2D eigenvalue weighted by Gasteiger charge is -2.32. The third-order valence-corrected chi connectivity index (χ3v) is 3.30. The van der Waals surface area contributed by atoms with Gasteiger partial charge in [0.05, 0.1) is 16.8 Å². The van der Waals surface area contributed by atoms with Gasteiger partial charge in [0.2, 0.25) is 5.91 Å². The van der Waals surface area contributed by atoms with Crippen molar-refractivity contribution in [3.63, 3.8) is 0 Å². The number of hydrogen-bond donors (Lipinski definition) is 1. The minimum absolute atomic E-state index is 0.120. The van der Waals surface area contributed by atoms with Gasteiger partial charge in [-0.25, -0.2) is 4.39 Å². The molecule has 0 spiro atoms. The second-order valence-electron chi connectivity index (χ2n) is 4.04. The molecule has 1 fully saturated rings. The van der Waals surface area contributed by atoms with E-state index in [0.29, 0.717) is 6.54 Å². The van der Waals surface area contributed by atoms with Gasteiger partial charge in [-0.3, -0.25) is 4.79 Å². The van der Waals surface area contributed by atoms with Gasteiger partial charge in [0.25, 0.3) is 0 Å². The quantitative estimate of drug-likeness (QED) is 0.880. The van der Waals surface area contributed by atoms with E-state index in [9.17, 15) is 9.18 Å². The monoisotopic (exact) mass is 256 g/mol. The number of carbonyl (C=O) groups excluding carboxylic acids is 1. The van der Waals surface area contributed by atoms with Crippen LogP contribution in [0.4, 0.5) is 10.1 Å². The Morgan fingerprint density at radius 1 is 1.53 bits per heavy atom. The lowest BCUT2D eigenvalue weighted by molar-refractivity contribution is -0.121. The van der Waals surface area contributed by atoms with Crippen LogP contribution in [0.15, 0.2) is 18.2 Å². The van der Waals surface area contributed by atoms with Crippen LogP contribution in [0, 0.1) is 5.82 Å². The molecule has 1 atom stereocenters. The fourth-order valence-corrected chi connectivity index (χ4v) is 2.38. The first-order chi connectivity index (χ1) is 8.15. The number of anilines is 1. The number of nitrogens with zero attached hydrogens (tertiary/aromatic N) is 1. The second-order valence-corrected chi connectivity index (χ2v) is 4.45. The van der Waals surface area contributed by atoms with Gasteiger partial charge in [0.15, 0.2) is 0 Å². The molecule has 3 nitrogen and oxygen atoms in total. The van der Waals surface area contributed by atoms with Crippen LogP contribution in [0.2, 0.25) is 5.02 Å². The molecule has 2 rings (SSSR count). The molecule has 0 aromatic heterocycles. The molecular formula is C12H14ClFN2O. The van der Waals surface area contributed by atoms with Crippen molar-refractivity contribution in [3.05, 3.63) is 29.0 Å². The van der Waals surface area contributed by atoms with Gasteiger partial charge in [-0.2, -0.15) is 0 Å². The van der Waals surface area contributed by atoms with Crippen LogP contribution < -0.4 is 10.2 Å². The second kappa shape index (κ2) is 5.02.